The molecular weight excluding hydrogens is 302 g/mol. The third-order valence-corrected chi connectivity index (χ3v) is 5.54. The van der Waals surface area contributed by atoms with E-state index in [0.29, 0.717) is 26.2 Å². The van der Waals surface area contributed by atoms with Crippen LogP contribution in [0.2, 0.25) is 0 Å². The Morgan fingerprint density at radius 3 is 2.82 bits per heavy atom. The number of piperazine rings is 1. The number of likely N-dealkylation sites (N-methyl/N-ethyl adjacent to an activating group) is 1. The SMILES string of the molecule is CCCNS(=O)(=O)N1CCN(C)C(c2cccc(OC)c2)C1. The second-order valence-electron chi connectivity index (χ2n) is 5.53. The average molecular weight is 327 g/mol. The fraction of sp³-hybridized carbons (Fsp3) is 0.600. The van der Waals surface area contributed by atoms with Gasteiger partial charge < -0.3 is 4.74 Å². The minimum absolute atomic E-state index is 0.0297. The van der Waals surface area contributed by atoms with E-state index < -0.39 is 10.2 Å². The van der Waals surface area contributed by atoms with Crippen molar-refractivity contribution in [1.29, 1.82) is 0 Å². The number of ether oxygens (including phenoxy) is 1. The molecule has 0 spiro atoms. The number of nitrogens with one attached hydrogen (secondary N) is 1. The highest BCUT2D eigenvalue weighted by atomic mass is 32.2. The molecule has 124 valence electrons. The van der Waals surface area contributed by atoms with Crippen molar-refractivity contribution in [2.24, 2.45) is 0 Å². The van der Waals surface area contributed by atoms with Crippen molar-refractivity contribution in [1.82, 2.24) is 13.9 Å². The molecule has 1 atom stereocenters. The lowest BCUT2D eigenvalue weighted by Crippen LogP contribution is -2.52. The molecule has 0 aliphatic carbocycles. The van der Waals surface area contributed by atoms with Gasteiger partial charge in [0.15, 0.2) is 0 Å². The molecule has 22 heavy (non-hydrogen) atoms. The van der Waals surface area contributed by atoms with Gasteiger partial charge in [-0.25, -0.2) is 4.72 Å². The van der Waals surface area contributed by atoms with Crippen molar-refractivity contribution >= 4 is 10.2 Å². The first-order chi connectivity index (χ1) is 10.5. The van der Waals surface area contributed by atoms with E-state index in [1.165, 1.54) is 4.31 Å². The zero-order valence-corrected chi connectivity index (χ0v) is 14.3. The molecular formula is C15H25N3O3S. The van der Waals surface area contributed by atoms with E-state index in [4.69, 9.17) is 4.74 Å². The van der Waals surface area contributed by atoms with Crippen LogP contribution in [0.1, 0.15) is 24.9 Å². The predicted octanol–water partition coefficient (Wildman–Crippen LogP) is 1.23. The second-order valence-corrected chi connectivity index (χ2v) is 7.29. The van der Waals surface area contributed by atoms with Crippen LogP contribution < -0.4 is 9.46 Å². The molecule has 1 unspecified atom stereocenters. The summed E-state index contributed by atoms with van der Waals surface area (Å²) in [4.78, 5) is 2.18. The Kier molecular flexibility index (Phi) is 5.80. The van der Waals surface area contributed by atoms with Crippen molar-refractivity contribution < 1.29 is 13.2 Å². The zero-order valence-electron chi connectivity index (χ0n) is 13.4. The zero-order chi connectivity index (χ0) is 16.2. The van der Waals surface area contributed by atoms with Crippen LogP contribution in [0.4, 0.5) is 0 Å². The number of benzene rings is 1. The largest absolute Gasteiger partial charge is 0.497 e. The third kappa shape index (κ3) is 3.98. The maximum Gasteiger partial charge on any atom is 0.279 e. The van der Waals surface area contributed by atoms with E-state index in [2.05, 4.69) is 9.62 Å². The van der Waals surface area contributed by atoms with E-state index >= 15 is 0 Å². The minimum atomic E-state index is -3.40. The molecule has 2 rings (SSSR count). The van der Waals surface area contributed by atoms with Gasteiger partial charge in [-0.15, -0.1) is 0 Å². The van der Waals surface area contributed by atoms with Crippen molar-refractivity contribution in [2.45, 2.75) is 19.4 Å². The van der Waals surface area contributed by atoms with E-state index in [1.54, 1.807) is 7.11 Å². The van der Waals surface area contributed by atoms with Crippen LogP contribution in [-0.2, 0) is 10.2 Å². The summed E-state index contributed by atoms with van der Waals surface area (Å²) < 4.78 is 34.1. The Balaban J connectivity index is 2.17. The van der Waals surface area contributed by atoms with E-state index in [0.717, 1.165) is 17.7 Å². The Hall–Kier alpha value is -1.15. The highest BCUT2D eigenvalue weighted by Gasteiger charge is 2.32. The molecule has 0 aromatic heterocycles. The predicted molar refractivity (Wildman–Crippen MR) is 87.2 cm³/mol. The van der Waals surface area contributed by atoms with Gasteiger partial charge in [0.25, 0.3) is 10.2 Å². The summed E-state index contributed by atoms with van der Waals surface area (Å²) in [6, 6.07) is 7.84. The molecule has 1 aromatic rings. The van der Waals surface area contributed by atoms with Crippen LogP contribution >= 0.6 is 0 Å². The van der Waals surface area contributed by atoms with Crippen LogP contribution in [0.25, 0.3) is 0 Å². The molecule has 0 amide bonds. The summed E-state index contributed by atoms with van der Waals surface area (Å²) in [7, 11) is 0.255. The molecule has 1 fully saturated rings. The van der Waals surface area contributed by atoms with Crippen molar-refractivity contribution in [2.75, 3.05) is 40.3 Å². The van der Waals surface area contributed by atoms with Crippen LogP contribution in [0.3, 0.4) is 0 Å². The highest BCUT2D eigenvalue weighted by molar-refractivity contribution is 7.87. The molecule has 1 aliphatic heterocycles. The summed E-state index contributed by atoms with van der Waals surface area (Å²) in [5.74, 6) is 0.787. The maximum atomic E-state index is 12.3. The Morgan fingerprint density at radius 1 is 1.36 bits per heavy atom. The fourth-order valence-corrected chi connectivity index (χ4v) is 3.90. The number of hydrogen-bond donors (Lipinski definition) is 1. The van der Waals surface area contributed by atoms with Gasteiger partial charge in [0, 0.05) is 32.2 Å². The lowest BCUT2D eigenvalue weighted by atomic mass is 10.0. The molecule has 0 saturated carbocycles. The standard InChI is InChI=1S/C15H25N3O3S/c1-4-8-16-22(19,20)18-10-9-17(2)15(12-18)13-6-5-7-14(11-13)21-3/h5-7,11,15-16H,4,8-10,12H2,1-3H3. The lowest BCUT2D eigenvalue weighted by Gasteiger charge is -2.39. The Morgan fingerprint density at radius 2 is 2.14 bits per heavy atom. The van der Waals surface area contributed by atoms with Gasteiger partial charge in [0.2, 0.25) is 0 Å². The first-order valence-corrected chi connectivity index (χ1v) is 9.01. The van der Waals surface area contributed by atoms with Gasteiger partial charge in [0.05, 0.1) is 7.11 Å². The monoisotopic (exact) mass is 327 g/mol. The number of methoxy groups -OCH3 is 1. The molecule has 1 aromatic carbocycles. The van der Waals surface area contributed by atoms with Crippen LogP contribution in [0, 0.1) is 0 Å². The molecule has 0 bridgehead atoms. The molecule has 0 radical (unpaired) electrons. The quantitative estimate of drug-likeness (QED) is 0.854. The molecule has 7 heteroatoms. The summed E-state index contributed by atoms with van der Waals surface area (Å²) in [5.41, 5.74) is 1.07. The van der Waals surface area contributed by atoms with Crippen LogP contribution in [-0.4, -0.2) is 58.0 Å². The minimum Gasteiger partial charge on any atom is -0.497 e. The molecule has 1 heterocycles. The van der Waals surface area contributed by atoms with Gasteiger partial charge >= 0.3 is 0 Å². The van der Waals surface area contributed by atoms with Gasteiger partial charge in [0.1, 0.15) is 5.75 Å². The summed E-state index contributed by atoms with van der Waals surface area (Å²) >= 11 is 0. The summed E-state index contributed by atoms with van der Waals surface area (Å²) in [5, 5.41) is 0. The van der Waals surface area contributed by atoms with Gasteiger partial charge in [-0.2, -0.15) is 12.7 Å². The fourth-order valence-electron chi connectivity index (χ4n) is 2.60. The number of rotatable bonds is 6. The Bertz CT molecular complexity index is 591. The van der Waals surface area contributed by atoms with Gasteiger partial charge in [-0.3, -0.25) is 4.90 Å². The molecule has 6 nitrogen and oxygen atoms in total. The van der Waals surface area contributed by atoms with E-state index in [9.17, 15) is 8.42 Å². The van der Waals surface area contributed by atoms with E-state index in [1.807, 2.05) is 38.2 Å². The topological polar surface area (TPSA) is 61.9 Å². The maximum absolute atomic E-state index is 12.3. The number of nitrogens with zero attached hydrogens (tertiary/aromatic N) is 2. The van der Waals surface area contributed by atoms with Crippen molar-refractivity contribution in [3.05, 3.63) is 29.8 Å². The second kappa shape index (κ2) is 7.41. The van der Waals surface area contributed by atoms with Crippen LogP contribution in [0.5, 0.6) is 5.75 Å². The molecule has 1 N–H and O–H groups in total. The van der Waals surface area contributed by atoms with Crippen molar-refractivity contribution in [3.63, 3.8) is 0 Å². The average Bonchev–Trinajstić information content (AvgIpc) is 2.53. The smallest absolute Gasteiger partial charge is 0.279 e. The summed E-state index contributed by atoms with van der Waals surface area (Å²) in [6.45, 7) is 4.08. The molecule has 1 saturated heterocycles. The lowest BCUT2D eigenvalue weighted by molar-refractivity contribution is 0.147. The first-order valence-electron chi connectivity index (χ1n) is 7.57. The first kappa shape index (κ1) is 17.2. The Labute approximate surface area is 133 Å². The van der Waals surface area contributed by atoms with Gasteiger partial charge in [-0.1, -0.05) is 19.1 Å². The van der Waals surface area contributed by atoms with Gasteiger partial charge in [-0.05, 0) is 31.2 Å². The third-order valence-electron chi connectivity index (χ3n) is 3.96. The number of hydrogen-bond acceptors (Lipinski definition) is 4. The van der Waals surface area contributed by atoms with Crippen LogP contribution in [0.15, 0.2) is 24.3 Å². The normalized spacial score (nSPS) is 21.0. The summed E-state index contributed by atoms with van der Waals surface area (Å²) in [6.07, 6.45) is 0.784. The van der Waals surface area contributed by atoms with E-state index in [-0.39, 0.29) is 6.04 Å². The van der Waals surface area contributed by atoms with Crippen molar-refractivity contribution in [3.8, 4) is 5.75 Å². The highest BCUT2D eigenvalue weighted by Crippen LogP contribution is 2.27. The molecule has 1 aliphatic rings.